The van der Waals surface area contributed by atoms with Crippen LogP contribution >= 0.6 is 24.0 Å². The molecule has 0 spiro atoms. The monoisotopic (exact) mass is 363 g/mol. The van der Waals surface area contributed by atoms with Crippen LogP contribution in [0.15, 0.2) is 42.1 Å². The lowest BCUT2D eigenvalue weighted by Gasteiger charge is -2.28. The van der Waals surface area contributed by atoms with E-state index < -0.39 is 0 Å². The molecule has 1 aliphatic carbocycles. The van der Waals surface area contributed by atoms with Gasteiger partial charge in [-0.05, 0) is 56.8 Å². The number of thioether (sulfide) groups is 1. The Kier molecular flexibility index (Phi) is 8.33. The maximum atomic E-state index is 12.7. The third kappa shape index (κ3) is 6.29. The normalized spacial score (nSPS) is 14.0. The molecule has 0 saturated carbocycles. The highest BCUT2D eigenvalue weighted by molar-refractivity contribution is 8.23. The summed E-state index contributed by atoms with van der Waals surface area (Å²) in [4.78, 5) is 14.7. The summed E-state index contributed by atoms with van der Waals surface area (Å²) in [5.74, 6) is 0.455. The predicted octanol–water partition coefficient (Wildman–Crippen LogP) is 4.57. The van der Waals surface area contributed by atoms with E-state index in [1.54, 1.807) is 0 Å². The molecule has 0 radical (unpaired) electrons. The van der Waals surface area contributed by atoms with Crippen molar-refractivity contribution in [3.63, 3.8) is 0 Å². The van der Waals surface area contributed by atoms with Gasteiger partial charge in [-0.15, -0.1) is 0 Å². The average molecular weight is 364 g/mol. The van der Waals surface area contributed by atoms with E-state index in [1.165, 1.54) is 29.4 Å². The zero-order chi connectivity index (χ0) is 17.2. The molecular weight excluding hydrogens is 338 g/mol. The van der Waals surface area contributed by atoms with Crippen LogP contribution in [0.2, 0.25) is 0 Å². The van der Waals surface area contributed by atoms with Crippen molar-refractivity contribution in [2.24, 2.45) is 0 Å². The molecule has 1 aromatic carbocycles. The summed E-state index contributed by atoms with van der Waals surface area (Å²) in [6.45, 7) is 3.16. The molecule has 0 N–H and O–H groups in total. The third-order valence-electron chi connectivity index (χ3n) is 3.96. The van der Waals surface area contributed by atoms with Crippen molar-refractivity contribution in [2.75, 3.05) is 18.9 Å². The Morgan fingerprint density at radius 3 is 2.75 bits per heavy atom. The molecule has 1 amide bonds. The first-order valence-electron chi connectivity index (χ1n) is 8.53. The van der Waals surface area contributed by atoms with Crippen LogP contribution in [0, 0.1) is 0 Å². The van der Waals surface area contributed by atoms with Gasteiger partial charge >= 0.3 is 0 Å². The van der Waals surface area contributed by atoms with Gasteiger partial charge in [-0.25, -0.2) is 0 Å². The molecule has 0 aromatic heterocycles. The highest BCUT2D eigenvalue weighted by Gasteiger charge is 2.20. The van der Waals surface area contributed by atoms with E-state index in [4.69, 9.17) is 17.0 Å². The number of nitrogens with zero attached hydrogens (tertiary/aromatic N) is 1. The zero-order valence-corrected chi connectivity index (χ0v) is 15.8. The Hall–Kier alpha value is -1.33. The van der Waals surface area contributed by atoms with Crippen molar-refractivity contribution in [3.05, 3.63) is 47.7 Å². The Balaban J connectivity index is 1.98. The molecule has 0 atom stereocenters. The predicted molar refractivity (Wildman–Crippen MR) is 105 cm³/mol. The second-order valence-corrected chi connectivity index (χ2v) is 7.27. The molecule has 5 heteroatoms. The van der Waals surface area contributed by atoms with Gasteiger partial charge in [-0.3, -0.25) is 4.79 Å². The lowest BCUT2D eigenvalue weighted by atomic mass is 10.0. The second-order valence-electron chi connectivity index (χ2n) is 5.69. The SMILES string of the molecule is CCOC(=S)SCC(=O)N(CCc1ccccc1)C1=CCCCC1. The standard InChI is InChI=1S/C19H25NO2S2/c1-2-22-19(23)24-15-18(21)20(17-11-7-4-8-12-17)14-13-16-9-5-3-6-10-16/h3,5-6,9-11H,2,4,7-8,12-15H2,1H3. The van der Waals surface area contributed by atoms with Gasteiger partial charge in [0.05, 0.1) is 12.4 Å². The van der Waals surface area contributed by atoms with E-state index in [1.807, 2.05) is 30.0 Å². The number of hydrogen-bond donors (Lipinski definition) is 0. The maximum absolute atomic E-state index is 12.7. The van der Waals surface area contributed by atoms with E-state index in [0.29, 0.717) is 16.7 Å². The molecule has 0 fully saturated rings. The summed E-state index contributed by atoms with van der Waals surface area (Å²) in [7, 11) is 0. The number of thiocarbonyl (C=S) groups is 1. The van der Waals surface area contributed by atoms with E-state index in [9.17, 15) is 4.79 Å². The minimum absolute atomic E-state index is 0.117. The van der Waals surface area contributed by atoms with E-state index in [0.717, 1.165) is 32.2 Å². The number of allylic oxidation sites excluding steroid dienone is 2. The van der Waals surface area contributed by atoms with Crippen LogP contribution in [0.25, 0.3) is 0 Å². The molecule has 1 aromatic rings. The molecule has 2 rings (SSSR count). The molecule has 0 saturated heterocycles. The summed E-state index contributed by atoms with van der Waals surface area (Å²) in [6.07, 6.45) is 7.51. The van der Waals surface area contributed by atoms with Crippen molar-refractivity contribution < 1.29 is 9.53 Å². The van der Waals surface area contributed by atoms with Gasteiger partial charge in [0.25, 0.3) is 0 Å². The van der Waals surface area contributed by atoms with Gasteiger partial charge in [0.1, 0.15) is 0 Å². The van der Waals surface area contributed by atoms with Crippen LogP contribution in [0.3, 0.4) is 0 Å². The first kappa shape index (κ1) is 19.0. The van der Waals surface area contributed by atoms with Crippen LogP contribution in [0.5, 0.6) is 0 Å². The van der Waals surface area contributed by atoms with E-state index in [-0.39, 0.29) is 5.91 Å². The quantitative estimate of drug-likeness (QED) is 0.664. The average Bonchev–Trinajstić information content (AvgIpc) is 2.62. The number of rotatable bonds is 7. The fourth-order valence-corrected chi connectivity index (χ4v) is 3.63. The molecule has 24 heavy (non-hydrogen) atoms. The lowest BCUT2D eigenvalue weighted by Crippen LogP contribution is -2.34. The van der Waals surface area contributed by atoms with Crippen LogP contribution in [0.1, 0.15) is 38.2 Å². The minimum Gasteiger partial charge on any atom is -0.479 e. The Morgan fingerprint density at radius 2 is 2.08 bits per heavy atom. The van der Waals surface area contributed by atoms with Gasteiger partial charge in [-0.1, -0.05) is 48.2 Å². The van der Waals surface area contributed by atoms with Crippen molar-refractivity contribution in [1.82, 2.24) is 4.90 Å². The third-order valence-corrected chi connectivity index (χ3v) is 5.17. The lowest BCUT2D eigenvalue weighted by molar-refractivity contribution is -0.126. The van der Waals surface area contributed by atoms with Gasteiger partial charge in [0, 0.05) is 12.2 Å². The van der Waals surface area contributed by atoms with E-state index in [2.05, 4.69) is 18.2 Å². The zero-order valence-electron chi connectivity index (χ0n) is 14.2. The fourth-order valence-electron chi connectivity index (χ4n) is 2.74. The number of carbonyl (C=O) groups excluding carboxylic acids is 1. The van der Waals surface area contributed by atoms with Crippen molar-refractivity contribution in [2.45, 2.75) is 39.0 Å². The van der Waals surface area contributed by atoms with Crippen molar-refractivity contribution in [1.29, 1.82) is 0 Å². The van der Waals surface area contributed by atoms with Gasteiger partial charge in [-0.2, -0.15) is 0 Å². The number of benzene rings is 1. The minimum atomic E-state index is 0.117. The molecule has 130 valence electrons. The number of hydrogen-bond acceptors (Lipinski definition) is 4. The molecule has 3 nitrogen and oxygen atoms in total. The second kappa shape index (κ2) is 10.5. The summed E-state index contributed by atoms with van der Waals surface area (Å²) in [5, 5.41) is 0. The first-order valence-corrected chi connectivity index (χ1v) is 9.93. The van der Waals surface area contributed by atoms with Crippen LogP contribution < -0.4 is 0 Å². The molecule has 1 aliphatic rings. The van der Waals surface area contributed by atoms with Gasteiger partial charge in [0.2, 0.25) is 10.3 Å². The molecule has 0 bridgehead atoms. The Labute approximate surface area is 154 Å². The number of ether oxygens (including phenoxy) is 1. The van der Waals surface area contributed by atoms with Crippen molar-refractivity contribution >= 4 is 34.3 Å². The highest BCUT2D eigenvalue weighted by atomic mass is 32.2. The molecular formula is C19H25NO2S2. The number of amides is 1. The summed E-state index contributed by atoms with van der Waals surface area (Å²) in [6, 6.07) is 10.3. The Bertz CT molecular complexity index is 572. The first-order chi connectivity index (χ1) is 11.7. The van der Waals surface area contributed by atoms with E-state index >= 15 is 0 Å². The van der Waals surface area contributed by atoms with Gasteiger partial charge < -0.3 is 9.64 Å². The Morgan fingerprint density at radius 1 is 1.29 bits per heavy atom. The maximum Gasteiger partial charge on any atom is 0.237 e. The summed E-state index contributed by atoms with van der Waals surface area (Å²) >= 11 is 6.43. The van der Waals surface area contributed by atoms with Crippen LogP contribution in [-0.4, -0.2) is 34.1 Å². The highest BCUT2D eigenvalue weighted by Crippen LogP contribution is 2.22. The molecule has 0 aliphatic heterocycles. The van der Waals surface area contributed by atoms with Gasteiger partial charge in [0.15, 0.2) is 0 Å². The molecule has 0 heterocycles. The topological polar surface area (TPSA) is 29.5 Å². The fraction of sp³-hybridized carbons (Fsp3) is 0.474. The van der Waals surface area contributed by atoms with Crippen molar-refractivity contribution in [3.8, 4) is 0 Å². The smallest absolute Gasteiger partial charge is 0.237 e. The summed E-state index contributed by atoms with van der Waals surface area (Å²) < 4.78 is 5.71. The van der Waals surface area contributed by atoms with Crippen LogP contribution in [0.4, 0.5) is 0 Å². The van der Waals surface area contributed by atoms with Crippen LogP contribution in [-0.2, 0) is 16.0 Å². The molecule has 0 unspecified atom stereocenters. The number of carbonyl (C=O) groups is 1. The summed E-state index contributed by atoms with van der Waals surface area (Å²) in [5.41, 5.74) is 2.43. The largest absolute Gasteiger partial charge is 0.479 e.